The van der Waals surface area contributed by atoms with E-state index in [0.29, 0.717) is 19.8 Å². The van der Waals surface area contributed by atoms with Crippen molar-refractivity contribution in [2.45, 2.75) is 18.3 Å². The molecule has 1 N–H and O–H groups in total. The van der Waals surface area contributed by atoms with E-state index in [4.69, 9.17) is 4.74 Å². The molecule has 0 bridgehead atoms. The summed E-state index contributed by atoms with van der Waals surface area (Å²) in [5.74, 6) is -0.837. The van der Waals surface area contributed by atoms with E-state index in [1.54, 1.807) is 24.3 Å². The van der Waals surface area contributed by atoms with Crippen molar-refractivity contribution in [3.63, 3.8) is 0 Å². The highest BCUT2D eigenvalue weighted by atomic mass is 19.1. The van der Waals surface area contributed by atoms with Crippen molar-refractivity contribution in [1.29, 1.82) is 0 Å². The van der Waals surface area contributed by atoms with Crippen LogP contribution in [0.2, 0.25) is 0 Å². The summed E-state index contributed by atoms with van der Waals surface area (Å²) in [5, 5.41) is 2.91. The van der Waals surface area contributed by atoms with Crippen LogP contribution >= 0.6 is 0 Å². The number of carbonyl (C=O) groups excluding carboxylic acids is 1. The summed E-state index contributed by atoms with van der Waals surface area (Å²) in [6.45, 7) is 1.57. The molecular weight excluding hydrogens is 336 g/mol. The van der Waals surface area contributed by atoms with Crippen LogP contribution in [0, 0.1) is 11.6 Å². The number of ether oxygens (including phenoxy) is 1. The van der Waals surface area contributed by atoms with Gasteiger partial charge in [-0.1, -0.05) is 24.3 Å². The maximum Gasteiger partial charge on any atom is 0.244 e. The Morgan fingerprint density at radius 3 is 2.50 bits per heavy atom. The Bertz CT molecular complexity index is 781. The number of nitrogens with one attached hydrogen (secondary N) is 1. The van der Waals surface area contributed by atoms with Crippen LogP contribution in [0.3, 0.4) is 0 Å². The lowest BCUT2D eigenvalue weighted by Gasteiger charge is -2.37. The average molecular weight is 357 g/mol. The van der Waals surface area contributed by atoms with Gasteiger partial charge in [0, 0.05) is 31.2 Å². The van der Waals surface area contributed by atoms with Crippen LogP contribution in [-0.4, -0.2) is 25.7 Å². The van der Waals surface area contributed by atoms with Crippen LogP contribution in [0.1, 0.15) is 24.0 Å². The number of carbonyl (C=O) groups is 1. The highest BCUT2D eigenvalue weighted by molar-refractivity contribution is 5.91. The first kappa shape index (κ1) is 18.3. The van der Waals surface area contributed by atoms with Crippen molar-refractivity contribution in [3.05, 3.63) is 77.4 Å². The van der Waals surface area contributed by atoms with Crippen molar-refractivity contribution in [2.75, 3.05) is 19.8 Å². The molecule has 0 radical (unpaired) electrons. The Morgan fingerprint density at radius 2 is 1.81 bits per heavy atom. The van der Waals surface area contributed by atoms with Gasteiger partial charge in [0.25, 0.3) is 0 Å². The zero-order valence-corrected chi connectivity index (χ0v) is 14.4. The molecule has 0 saturated carbocycles. The minimum Gasteiger partial charge on any atom is -0.381 e. The second kappa shape index (κ2) is 8.23. The third kappa shape index (κ3) is 4.55. The molecule has 2 aromatic carbocycles. The number of hydrogen-bond donors (Lipinski definition) is 1. The fraction of sp³-hybridized carbons (Fsp3) is 0.286. The van der Waals surface area contributed by atoms with Gasteiger partial charge < -0.3 is 10.1 Å². The zero-order chi connectivity index (χ0) is 18.4. The predicted octanol–water partition coefficient (Wildman–Crippen LogP) is 3.84. The molecule has 0 aliphatic carbocycles. The van der Waals surface area contributed by atoms with E-state index in [1.807, 2.05) is 6.07 Å². The molecule has 1 aliphatic heterocycles. The van der Waals surface area contributed by atoms with Crippen molar-refractivity contribution in [2.24, 2.45) is 0 Å². The van der Waals surface area contributed by atoms with Gasteiger partial charge in [-0.3, -0.25) is 4.79 Å². The van der Waals surface area contributed by atoms with Crippen LogP contribution in [0.5, 0.6) is 0 Å². The molecule has 0 atom stereocenters. The monoisotopic (exact) mass is 357 g/mol. The zero-order valence-electron chi connectivity index (χ0n) is 14.4. The maximum absolute atomic E-state index is 13.7. The van der Waals surface area contributed by atoms with Gasteiger partial charge in [-0.2, -0.15) is 0 Å². The summed E-state index contributed by atoms with van der Waals surface area (Å²) in [6.07, 6.45) is 4.50. The standard InChI is InChI=1S/C21H21F2NO2/c22-18-7-4-16(5-8-18)6-9-20(25)24-15-21(10-12-26-13-11-21)17-2-1-3-19(23)14-17/h1-9,14H,10-13,15H2,(H,24,25). The first-order chi connectivity index (χ1) is 12.6. The number of amides is 1. The summed E-state index contributed by atoms with van der Waals surface area (Å²) >= 11 is 0. The lowest BCUT2D eigenvalue weighted by molar-refractivity contribution is -0.116. The minimum absolute atomic E-state index is 0.239. The molecule has 0 spiro atoms. The molecule has 0 aromatic heterocycles. The minimum atomic E-state index is -0.334. The lowest BCUT2D eigenvalue weighted by atomic mass is 9.74. The molecule has 3 rings (SSSR count). The molecule has 136 valence electrons. The Kier molecular flexibility index (Phi) is 5.78. The number of rotatable bonds is 5. The molecule has 3 nitrogen and oxygen atoms in total. The van der Waals surface area contributed by atoms with E-state index in [1.165, 1.54) is 30.3 Å². The second-order valence-electron chi connectivity index (χ2n) is 6.51. The number of hydrogen-bond acceptors (Lipinski definition) is 2. The van der Waals surface area contributed by atoms with Gasteiger partial charge in [-0.25, -0.2) is 8.78 Å². The molecule has 1 fully saturated rings. The SMILES string of the molecule is O=C(C=Cc1ccc(F)cc1)NCC1(c2cccc(F)c2)CCOCC1. The van der Waals surface area contributed by atoms with Crippen LogP contribution in [-0.2, 0) is 14.9 Å². The van der Waals surface area contributed by atoms with Crippen molar-refractivity contribution in [3.8, 4) is 0 Å². The lowest BCUT2D eigenvalue weighted by Crippen LogP contribution is -2.44. The molecule has 1 amide bonds. The van der Waals surface area contributed by atoms with Crippen molar-refractivity contribution in [1.82, 2.24) is 5.32 Å². The average Bonchev–Trinajstić information content (AvgIpc) is 2.67. The molecule has 1 aliphatic rings. The number of benzene rings is 2. The molecule has 1 saturated heterocycles. The van der Waals surface area contributed by atoms with E-state index in [0.717, 1.165) is 24.0 Å². The molecule has 0 unspecified atom stereocenters. The molecule has 5 heteroatoms. The van der Waals surface area contributed by atoms with Crippen LogP contribution in [0.25, 0.3) is 6.08 Å². The highest BCUT2D eigenvalue weighted by Gasteiger charge is 2.34. The second-order valence-corrected chi connectivity index (χ2v) is 6.51. The Balaban J connectivity index is 1.68. The summed E-state index contributed by atoms with van der Waals surface area (Å²) in [7, 11) is 0. The van der Waals surface area contributed by atoms with E-state index >= 15 is 0 Å². The fourth-order valence-electron chi connectivity index (χ4n) is 3.21. The van der Waals surface area contributed by atoms with Crippen molar-refractivity contribution >= 4 is 12.0 Å². The third-order valence-corrected chi connectivity index (χ3v) is 4.79. The quantitative estimate of drug-likeness (QED) is 0.826. The molecule has 1 heterocycles. The van der Waals surface area contributed by atoms with E-state index in [-0.39, 0.29) is 23.0 Å². The highest BCUT2D eigenvalue weighted by Crippen LogP contribution is 2.34. The van der Waals surface area contributed by atoms with Crippen LogP contribution < -0.4 is 5.32 Å². The van der Waals surface area contributed by atoms with Gasteiger partial charge in [-0.15, -0.1) is 0 Å². The first-order valence-electron chi connectivity index (χ1n) is 8.63. The van der Waals surface area contributed by atoms with Crippen molar-refractivity contribution < 1.29 is 18.3 Å². The van der Waals surface area contributed by atoms with Crippen LogP contribution in [0.15, 0.2) is 54.6 Å². The maximum atomic E-state index is 13.7. The summed E-state index contributed by atoms with van der Waals surface area (Å²) in [6, 6.07) is 12.4. The molecular formula is C21H21F2NO2. The van der Waals surface area contributed by atoms with E-state index in [9.17, 15) is 13.6 Å². The van der Waals surface area contributed by atoms with E-state index in [2.05, 4.69) is 5.32 Å². The Labute approximate surface area is 151 Å². The number of halogens is 2. The molecule has 26 heavy (non-hydrogen) atoms. The summed E-state index contributed by atoms with van der Waals surface area (Å²) < 4.78 is 32.0. The van der Waals surface area contributed by atoms with Gasteiger partial charge in [0.15, 0.2) is 0 Å². The summed E-state index contributed by atoms with van der Waals surface area (Å²) in [5.41, 5.74) is 1.29. The topological polar surface area (TPSA) is 38.3 Å². The summed E-state index contributed by atoms with van der Waals surface area (Å²) in [4.78, 5) is 12.2. The third-order valence-electron chi connectivity index (χ3n) is 4.79. The van der Waals surface area contributed by atoms with Gasteiger partial charge in [0.05, 0.1) is 0 Å². The molecule has 2 aromatic rings. The Hall–Kier alpha value is -2.53. The largest absolute Gasteiger partial charge is 0.381 e. The fourth-order valence-corrected chi connectivity index (χ4v) is 3.21. The van der Waals surface area contributed by atoms with Gasteiger partial charge in [0.1, 0.15) is 11.6 Å². The van der Waals surface area contributed by atoms with Gasteiger partial charge >= 0.3 is 0 Å². The van der Waals surface area contributed by atoms with Gasteiger partial charge in [-0.05, 0) is 54.3 Å². The normalized spacial score (nSPS) is 16.5. The van der Waals surface area contributed by atoms with Crippen LogP contribution in [0.4, 0.5) is 8.78 Å². The predicted molar refractivity (Wildman–Crippen MR) is 96.6 cm³/mol. The first-order valence-corrected chi connectivity index (χ1v) is 8.63. The Morgan fingerprint density at radius 1 is 1.08 bits per heavy atom. The van der Waals surface area contributed by atoms with Gasteiger partial charge in [0.2, 0.25) is 5.91 Å². The van der Waals surface area contributed by atoms with E-state index < -0.39 is 0 Å². The smallest absolute Gasteiger partial charge is 0.244 e.